The molecule has 0 bridgehead atoms. The largest absolute Gasteiger partial charge is 0.573 e. The van der Waals surface area contributed by atoms with Crippen molar-refractivity contribution in [3.63, 3.8) is 0 Å². The minimum absolute atomic E-state index is 0.118. The van der Waals surface area contributed by atoms with Crippen molar-refractivity contribution in [2.75, 3.05) is 11.4 Å². The lowest BCUT2D eigenvalue weighted by molar-refractivity contribution is -0.274. The summed E-state index contributed by atoms with van der Waals surface area (Å²) in [5.74, 6) is 0.00559. The summed E-state index contributed by atoms with van der Waals surface area (Å²) in [7, 11) is 0. The molecule has 2 heterocycles. The smallest absolute Gasteiger partial charge is 0.406 e. The van der Waals surface area contributed by atoms with Crippen LogP contribution in [0.4, 0.5) is 23.7 Å². The molecule has 0 radical (unpaired) electrons. The third-order valence-corrected chi connectivity index (χ3v) is 6.83. The molecule has 1 aliphatic heterocycles. The molecule has 2 unspecified atom stereocenters. The predicted octanol–water partition coefficient (Wildman–Crippen LogP) is 4.55. The summed E-state index contributed by atoms with van der Waals surface area (Å²) < 4.78 is 42.6. The molecule has 2 atom stereocenters. The van der Waals surface area contributed by atoms with Crippen molar-refractivity contribution >= 4 is 17.6 Å². The highest BCUT2D eigenvalue weighted by atomic mass is 19.4. The zero-order valence-corrected chi connectivity index (χ0v) is 23.4. The molecule has 224 valence electrons. The molecular formula is C30H30F3N7O3. The summed E-state index contributed by atoms with van der Waals surface area (Å²) in [6.45, 7) is 4.03. The molecule has 3 aromatic carbocycles. The maximum absolute atomic E-state index is 12.8. The Balaban J connectivity index is 1.15. The molecule has 3 amide bonds. The van der Waals surface area contributed by atoms with Gasteiger partial charge in [0.2, 0.25) is 5.91 Å². The first-order valence-corrected chi connectivity index (χ1v) is 13.7. The lowest BCUT2D eigenvalue weighted by Gasteiger charge is -2.27. The van der Waals surface area contributed by atoms with Gasteiger partial charge in [-0.05, 0) is 61.2 Å². The molecule has 1 aliphatic rings. The van der Waals surface area contributed by atoms with Gasteiger partial charge in [-0.25, -0.2) is 14.5 Å². The normalized spacial score (nSPS) is 15.8. The van der Waals surface area contributed by atoms with Crippen molar-refractivity contribution in [2.45, 2.75) is 45.4 Å². The number of anilines is 1. The van der Waals surface area contributed by atoms with Crippen molar-refractivity contribution in [2.24, 2.45) is 0 Å². The van der Waals surface area contributed by atoms with Gasteiger partial charge in [-0.3, -0.25) is 15.0 Å². The van der Waals surface area contributed by atoms with Gasteiger partial charge in [-0.1, -0.05) is 49.4 Å². The number of hydrogen-bond donors (Lipinski definition) is 3. The van der Waals surface area contributed by atoms with Crippen LogP contribution in [0.15, 0.2) is 79.1 Å². The Hall–Kier alpha value is -4.91. The monoisotopic (exact) mass is 593 g/mol. The average molecular weight is 594 g/mol. The molecule has 43 heavy (non-hydrogen) atoms. The van der Waals surface area contributed by atoms with Crippen LogP contribution >= 0.6 is 0 Å². The third-order valence-electron chi connectivity index (χ3n) is 6.83. The topological polar surface area (TPSA) is 113 Å². The highest BCUT2D eigenvalue weighted by molar-refractivity contribution is 5.98. The second-order valence-corrected chi connectivity index (χ2v) is 10.0. The van der Waals surface area contributed by atoms with Gasteiger partial charge in [0.25, 0.3) is 0 Å². The average Bonchev–Trinajstić information content (AvgIpc) is 3.60. The van der Waals surface area contributed by atoms with Gasteiger partial charge in [0.15, 0.2) is 12.1 Å². The Morgan fingerprint density at radius 3 is 2.51 bits per heavy atom. The predicted molar refractivity (Wildman–Crippen MR) is 153 cm³/mol. The lowest BCUT2D eigenvalue weighted by atomic mass is 10.1. The number of carbonyl (C=O) groups excluding carboxylic acids is 2. The Bertz CT molecular complexity index is 1570. The van der Waals surface area contributed by atoms with Crippen molar-refractivity contribution in [1.29, 1.82) is 0 Å². The number of halogens is 3. The van der Waals surface area contributed by atoms with Crippen LogP contribution in [0.25, 0.3) is 17.1 Å². The van der Waals surface area contributed by atoms with Gasteiger partial charge in [0, 0.05) is 11.6 Å². The molecule has 10 nitrogen and oxygen atoms in total. The van der Waals surface area contributed by atoms with E-state index in [2.05, 4.69) is 30.8 Å². The van der Waals surface area contributed by atoms with Crippen molar-refractivity contribution in [3.05, 3.63) is 90.3 Å². The fourth-order valence-electron chi connectivity index (χ4n) is 4.84. The fraction of sp³-hybridized carbons (Fsp3) is 0.267. The number of ether oxygens (including phenoxy) is 1. The zero-order valence-electron chi connectivity index (χ0n) is 23.4. The van der Waals surface area contributed by atoms with Gasteiger partial charge < -0.3 is 15.4 Å². The van der Waals surface area contributed by atoms with E-state index in [0.717, 1.165) is 28.8 Å². The maximum Gasteiger partial charge on any atom is 0.573 e. The number of nitrogens with one attached hydrogen (secondary N) is 3. The number of carbonyl (C=O) groups is 2. The Kier molecular flexibility index (Phi) is 8.62. The van der Waals surface area contributed by atoms with Crippen molar-refractivity contribution in [3.8, 4) is 22.8 Å². The van der Waals surface area contributed by atoms with Gasteiger partial charge in [-0.2, -0.15) is 0 Å². The van der Waals surface area contributed by atoms with Crippen LogP contribution < -0.4 is 25.6 Å². The number of aromatic nitrogens is 3. The van der Waals surface area contributed by atoms with E-state index < -0.39 is 18.7 Å². The van der Waals surface area contributed by atoms with E-state index >= 15 is 0 Å². The minimum atomic E-state index is -4.76. The number of para-hydroxylation sites is 1. The molecule has 13 heteroatoms. The fourth-order valence-corrected chi connectivity index (χ4v) is 4.84. The number of alkyl halides is 3. The van der Waals surface area contributed by atoms with E-state index in [9.17, 15) is 22.8 Å². The van der Waals surface area contributed by atoms with Crippen LogP contribution in [0.1, 0.15) is 25.0 Å². The van der Waals surface area contributed by atoms with Crippen LogP contribution in [0.5, 0.6) is 5.75 Å². The first kappa shape index (κ1) is 29.6. The summed E-state index contributed by atoms with van der Waals surface area (Å²) in [5, 5.41) is 13.3. The number of urea groups is 1. The molecule has 1 fully saturated rings. The second kappa shape index (κ2) is 12.5. The Morgan fingerprint density at radius 2 is 1.81 bits per heavy atom. The lowest BCUT2D eigenvalue weighted by Crippen LogP contribution is -2.55. The molecule has 0 saturated carbocycles. The molecule has 1 aromatic heterocycles. The van der Waals surface area contributed by atoms with Crippen LogP contribution in [-0.4, -0.2) is 51.9 Å². The van der Waals surface area contributed by atoms with Crippen LogP contribution in [0.2, 0.25) is 0 Å². The van der Waals surface area contributed by atoms with E-state index in [-0.39, 0.29) is 24.2 Å². The van der Waals surface area contributed by atoms with E-state index in [4.69, 9.17) is 0 Å². The van der Waals surface area contributed by atoms with Crippen molar-refractivity contribution < 1.29 is 27.5 Å². The van der Waals surface area contributed by atoms with Gasteiger partial charge in [-0.15, -0.1) is 18.3 Å². The molecule has 1 saturated heterocycles. The van der Waals surface area contributed by atoms with E-state index in [0.29, 0.717) is 17.9 Å². The van der Waals surface area contributed by atoms with Crippen molar-refractivity contribution in [1.82, 2.24) is 30.7 Å². The molecule has 3 N–H and O–H groups in total. The molecule has 5 rings (SSSR count). The Morgan fingerprint density at radius 1 is 1.09 bits per heavy atom. The maximum atomic E-state index is 12.8. The Labute approximate surface area is 245 Å². The van der Waals surface area contributed by atoms with Gasteiger partial charge >= 0.3 is 12.4 Å². The number of benzene rings is 3. The van der Waals surface area contributed by atoms with E-state index in [1.807, 2.05) is 62.4 Å². The quantitative estimate of drug-likeness (QED) is 0.263. The number of nitrogens with zero attached hydrogens (tertiary/aromatic N) is 4. The number of aryl methyl sites for hydroxylation is 1. The third kappa shape index (κ3) is 7.30. The molecule has 4 aromatic rings. The molecule has 0 spiro atoms. The standard InChI is InChI=1S/C30H30F3N7O3/c1-3-21-6-4-5-7-25(21)40-26(41)17-34-28(40)37-29(42)36-19(2)16-20-8-10-22(11-9-20)27-35-18-39(38-27)23-12-14-24(15-13-23)43-30(31,32)33/h4-15,18-19,28,34H,3,16-17H2,1-2H3,(H2,36,37,42). The summed E-state index contributed by atoms with van der Waals surface area (Å²) in [6.07, 6.45) is -2.63. The zero-order chi connectivity index (χ0) is 30.6. The van der Waals surface area contributed by atoms with Crippen LogP contribution in [0, 0.1) is 0 Å². The number of hydrogen-bond acceptors (Lipinski definition) is 6. The van der Waals surface area contributed by atoms with E-state index in [1.165, 1.54) is 35.3 Å². The van der Waals surface area contributed by atoms with E-state index in [1.54, 1.807) is 4.90 Å². The number of rotatable bonds is 9. The van der Waals surface area contributed by atoms with Crippen LogP contribution in [-0.2, 0) is 17.6 Å². The number of amides is 3. The summed E-state index contributed by atoms with van der Waals surface area (Å²) in [4.78, 5) is 31.3. The minimum Gasteiger partial charge on any atom is -0.406 e. The first-order valence-electron chi connectivity index (χ1n) is 13.7. The molecule has 0 aliphatic carbocycles. The van der Waals surface area contributed by atoms with Gasteiger partial charge in [0.1, 0.15) is 12.1 Å². The summed E-state index contributed by atoms with van der Waals surface area (Å²) >= 11 is 0. The highest BCUT2D eigenvalue weighted by Gasteiger charge is 2.34. The first-order chi connectivity index (χ1) is 20.6. The van der Waals surface area contributed by atoms with Gasteiger partial charge in [0.05, 0.1) is 17.9 Å². The van der Waals surface area contributed by atoms with Crippen LogP contribution in [0.3, 0.4) is 0 Å². The molecular weight excluding hydrogens is 563 g/mol. The SMILES string of the molecule is CCc1ccccc1N1C(=O)CNC1NC(=O)NC(C)Cc1ccc(-c2ncn(-c3ccc(OC(F)(F)F)cc3)n2)cc1. The second-order valence-electron chi connectivity index (χ2n) is 10.0. The highest BCUT2D eigenvalue weighted by Crippen LogP contribution is 2.25. The summed E-state index contributed by atoms with van der Waals surface area (Å²) in [6, 6.07) is 19.9. The summed E-state index contributed by atoms with van der Waals surface area (Å²) in [5.41, 5.74) is 4.04.